The molecule has 0 aromatic carbocycles. The van der Waals surface area contributed by atoms with Crippen LogP contribution in [0.15, 0.2) is 0 Å². The van der Waals surface area contributed by atoms with Gasteiger partial charge in [-0.05, 0) is 38.0 Å². The molecule has 7 atom stereocenters. The van der Waals surface area contributed by atoms with E-state index < -0.39 is 0 Å². The highest BCUT2D eigenvalue weighted by atomic mass is 16.9. The van der Waals surface area contributed by atoms with Gasteiger partial charge < -0.3 is 18.9 Å². The number of hydrogen-bond acceptors (Lipinski definition) is 5. The molecule has 5 heteroatoms. The van der Waals surface area contributed by atoms with Crippen LogP contribution in [0.5, 0.6) is 0 Å². The third-order valence-electron chi connectivity index (χ3n) is 5.35. The minimum absolute atomic E-state index is 0.0266. The number of esters is 1. The largest absolute Gasteiger partial charge is 0.465 e. The Bertz CT molecular complexity index is 438. The second kappa shape index (κ2) is 3.51. The molecule has 5 fully saturated rings. The summed E-state index contributed by atoms with van der Waals surface area (Å²) in [5.41, 5.74) is 0. The lowest BCUT2D eigenvalue weighted by molar-refractivity contribution is -0.151. The summed E-state index contributed by atoms with van der Waals surface area (Å²) in [6, 6.07) is 0. The lowest BCUT2D eigenvalue weighted by Crippen LogP contribution is -2.30. The first-order valence-electron chi connectivity index (χ1n) is 7.44. The Morgan fingerprint density at radius 3 is 3.00 bits per heavy atom. The summed E-state index contributed by atoms with van der Waals surface area (Å²) in [4.78, 5) is 12.1. The van der Waals surface area contributed by atoms with Crippen LogP contribution in [0, 0.1) is 11.8 Å². The first-order chi connectivity index (χ1) is 9.26. The van der Waals surface area contributed by atoms with E-state index in [-0.39, 0.29) is 29.9 Å². The summed E-state index contributed by atoms with van der Waals surface area (Å²) < 4.78 is 22.0. The van der Waals surface area contributed by atoms with Gasteiger partial charge in [-0.3, -0.25) is 4.79 Å². The van der Waals surface area contributed by atoms with E-state index in [0.29, 0.717) is 24.7 Å². The predicted octanol–water partition coefficient (Wildman–Crippen LogP) is 1.00. The van der Waals surface area contributed by atoms with Crippen molar-refractivity contribution in [2.45, 2.75) is 62.3 Å². The fourth-order valence-corrected chi connectivity index (χ4v) is 4.00. The molecule has 2 saturated carbocycles. The molecule has 2 aliphatic carbocycles. The predicted molar refractivity (Wildman–Crippen MR) is 62.2 cm³/mol. The summed E-state index contributed by atoms with van der Waals surface area (Å²) >= 11 is 0. The maximum absolute atomic E-state index is 12.1. The van der Waals surface area contributed by atoms with Crippen LogP contribution < -0.4 is 0 Å². The molecule has 19 heavy (non-hydrogen) atoms. The summed E-state index contributed by atoms with van der Waals surface area (Å²) in [6.07, 6.45) is 6.25. The number of rotatable bonds is 3. The Morgan fingerprint density at radius 1 is 1.16 bits per heavy atom. The van der Waals surface area contributed by atoms with E-state index in [2.05, 4.69) is 0 Å². The molecule has 3 aliphatic heterocycles. The Kier molecular flexibility index (Phi) is 2.04. The molecule has 1 spiro atoms. The van der Waals surface area contributed by atoms with Crippen molar-refractivity contribution >= 4 is 5.97 Å². The highest BCUT2D eigenvalue weighted by Gasteiger charge is 2.81. The number of epoxide rings is 3. The molecule has 0 amide bonds. The van der Waals surface area contributed by atoms with Crippen LogP contribution in [0.4, 0.5) is 0 Å². The van der Waals surface area contributed by atoms with Gasteiger partial charge in [0.2, 0.25) is 5.79 Å². The van der Waals surface area contributed by atoms with E-state index in [1.54, 1.807) is 0 Å². The van der Waals surface area contributed by atoms with Crippen molar-refractivity contribution in [3.63, 3.8) is 0 Å². The van der Waals surface area contributed by atoms with Gasteiger partial charge in [-0.2, -0.15) is 0 Å². The quantitative estimate of drug-likeness (QED) is 0.563. The zero-order valence-electron chi connectivity index (χ0n) is 10.7. The molecule has 0 bridgehead atoms. The van der Waals surface area contributed by atoms with Crippen molar-refractivity contribution < 1.29 is 23.7 Å². The van der Waals surface area contributed by atoms with Gasteiger partial charge in [0, 0.05) is 0 Å². The minimum atomic E-state index is -0.359. The summed E-state index contributed by atoms with van der Waals surface area (Å²) in [7, 11) is 0. The van der Waals surface area contributed by atoms with Crippen LogP contribution in [0.1, 0.15) is 32.1 Å². The Labute approximate surface area is 111 Å². The third-order valence-corrected chi connectivity index (χ3v) is 5.35. The van der Waals surface area contributed by atoms with E-state index in [1.165, 1.54) is 0 Å². The van der Waals surface area contributed by atoms with Crippen LogP contribution in [-0.2, 0) is 23.7 Å². The molecule has 0 N–H and O–H groups in total. The molecule has 0 aromatic heterocycles. The molecule has 5 rings (SSSR count). The maximum Gasteiger partial charge on any atom is 0.311 e. The normalized spacial score (nSPS) is 56.4. The smallest absolute Gasteiger partial charge is 0.311 e. The SMILES string of the molecule is O=C(OCC1CCC2OC2C1)C1CCC2OC23OC13. The summed E-state index contributed by atoms with van der Waals surface area (Å²) in [6.45, 7) is 0.548. The fraction of sp³-hybridized carbons (Fsp3) is 0.929. The Hall–Kier alpha value is -0.650. The highest BCUT2D eigenvalue weighted by Crippen LogP contribution is 2.63. The summed E-state index contributed by atoms with van der Waals surface area (Å²) in [5, 5.41) is 0. The van der Waals surface area contributed by atoms with E-state index >= 15 is 0 Å². The van der Waals surface area contributed by atoms with Gasteiger partial charge in [0.1, 0.15) is 12.2 Å². The molecule has 7 unspecified atom stereocenters. The van der Waals surface area contributed by atoms with Crippen LogP contribution in [0.3, 0.4) is 0 Å². The van der Waals surface area contributed by atoms with Gasteiger partial charge in [-0.15, -0.1) is 0 Å². The molecule has 3 saturated heterocycles. The molecule has 0 aromatic rings. The molecule has 0 radical (unpaired) electrons. The van der Waals surface area contributed by atoms with E-state index in [0.717, 1.165) is 32.1 Å². The number of carbonyl (C=O) groups is 1. The first-order valence-corrected chi connectivity index (χ1v) is 7.44. The Balaban J connectivity index is 1.15. The van der Waals surface area contributed by atoms with E-state index in [9.17, 15) is 4.79 Å². The van der Waals surface area contributed by atoms with E-state index in [4.69, 9.17) is 18.9 Å². The number of carbonyl (C=O) groups excluding carboxylic acids is 1. The molecule has 3 heterocycles. The van der Waals surface area contributed by atoms with Gasteiger partial charge in [-0.25, -0.2) is 0 Å². The fourth-order valence-electron chi connectivity index (χ4n) is 4.00. The van der Waals surface area contributed by atoms with Crippen molar-refractivity contribution in [1.82, 2.24) is 0 Å². The van der Waals surface area contributed by atoms with E-state index in [1.807, 2.05) is 0 Å². The second-order valence-electron chi connectivity index (χ2n) is 6.57. The monoisotopic (exact) mass is 266 g/mol. The standard InChI is InChI=1S/C14H18O5/c15-13(8-2-4-11-14(18-11)12(8)19-14)16-6-7-1-3-9-10(5-7)17-9/h7-12H,1-6H2. The zero-order chi connectivity index (χ0) is 12.6. The average molecular weight is 266 g/mol. The van der Waals surface area contributed by atoms with Gasteiger partial charge in [-0.1, -0.05) is 0 Å². The van der Waals surface area contributed by atoms with Gasteiger partial charge in [0.15, 0.2) is 0 Å². The molecule has 5 nitrogen and oxygen atoms in total. The van der Waals surface area contributed by atoms with Crippen molar-refractivity contribution in [2.75, 3.05) is 6.61 Å². The number of hydrogen-bond donors (Lipinski definition) is 0. The van der Waals surface area contributed by atoms with Crippen LogP contribution in [0.25, 0.3) is 0 Å². The zero-order valence-corrected chi connectivity index (χ0v) is 10.7. The van der Waals surface area contributed by atoms with Crippen molar-refractivity contribution in [2.24, 2.45) is 11.8 Å². The van der Waals surface area contributed by atoms with Crippen molar-refractivity contribution in [1.29, 1.82) is 0 Å². The van der Waals surface area contributed by atoms with Gasteiger partial charge in [0.05, 0.1) is 24.7 Å². The molecular weight excluding hydrogens is 248 g/mol. The maximum atomic E-state index is 12.1. The third kappa shape index (κ3) is 1.61. The van der Waals surface area contributed by atoms with Crippen LogP contribution >= 0.6 is 0 Å². The van der Waals surface area contributed by atoms with Gasteiger partial charge >= 0.3 is 5.97 Å². The Morgan fingerprint density at radius 2 is 2.11 bits per heavy atom. The highest BCUT2D eigenvalue weighted by molar-refractivity contribution is 5.74. The average Bonchev–Trinajstić information content (AvgIpc) is 3.29. The lowest BCUT2D eigenvalue weighted by atomic mass is 9.88. The van der Waals surface area contributed by atoms with Crippen molar-refractivity contribution in [3.8, 4) is 0 Å². The topological polar surface area (TPSA) is 63.9 Å². The number of ether oxygens (including phenoxy) is 4. The second-order valence-corrected chi connectivity index (χ2v) is 6.57. The minimum Gasteiger partial charge on any atom is -0.465 e. The van der Waals surface area contributed by atoms with Crippen molar-refractivity contribution in [3.05, 3.63) is 0 Å². The lowest BCUT2D eigenvalue weighted by Gasteiger charge is -2.21. The van der Waals surface area contributed by atoms with Gasteiger partial charge in [0.25, 0.3) is 0 Å². The van der Waals surface area contributed by atoms with Crippen LogP contribution in [-0.4, -0.2) is 42.8 Å². The molecule has 5 aliphatic rings. The first kappa shape index (κ1) is 11.1. The number of fused-ring (bicyclic) bond motifs is 1. The van der Waals surface area contributed by atoms with Crippen LogP contribution in [0.2, 0.25) is 0 Å². The molecule has 104 valence electrons. The summed E-state index contributed by atoms with van der Waals surface area (Å²) in [5.74, 6) is -0.0702. The molecular formula is C14H18O5.